The number of pyridine rings is 1. The van der Waals surface area contributed by atoms with Crippen molar-refractivity contribution in [3.05, 3.63) is 97.6 Å². The Labute approximate surface area is 427 Å². The van der Waals surface area contributed by atoms with E-state index in [9.17, 15) is 24.6 Å². The Morgan fingerprint density at radius 3 is 2.21 bits per heavy atom. The van der Waals surface area contributed by atoms with E-state index in [2.05, 4.69) is 24.8 Å². The van der Waals surface area contributed by atoms with Crippen molar-refractivity contribution < 1.29 is 52.7 Å². The normalized spacial score (nSPS) is 26.3. The third kappa shape index (κ3) is 9.12. The van der Waals surface area contributed by atoms with Crippen LogP contribution in [0.2, 0.25) is 0 Å². The number of allylic oxidation sites excluding steroid dienone is 4. The van der Waals surface area contributed by atoms with Crippen LogP contribution in [0.1, 0.15) is 139 Å². The highest BCUT2D eigenvalue weighted by molar-refractivity contribution is 6.10. The van der Waals surface area contributed by atoms with Gasteiger partial charge in [-0.2, -0.15) is 0 Å². The van der Waals surface area contributed by atoms with Crippen LogP contribution in [0.5, 0.6) is 17.2 Å². The molecule has 4 heterocycles. The molecule has 7 atom stereocenters. The van der Waals surface area contributed by atoms with Gasteiger partial charge < -0.3 is 38.6 Å². The number of benzene rings is 2. The molecule has 5 aliphatic rings. The zero-order chi connectivity index (χ0) is 53.2. The first-order chi connectivity index (χ1) is 34.4. The van der Waals surface area contributed by atoms with Crippen molar-refractivity contribution in [2.24, 2.45) is 23.7 Å². The number of carbonyl (C=O) groups excluding carboxylic acids is 3. The maximum atomic E-state index is 16.5. The number of anilines is 1. The maximum Gasteiger partial charge on any atom is 0.341 e. The van der Waals surface area contributed by atoms with Crippen LogP contribution in [0.25, 0.3) is 17.0 Å². The van der Waals surface area contributed by atoms with E-state index in [1.807, 2.05) is 64.7 Å². The van der Waals surface area contributed by atoms with Crippen molar-refractivity contribution in [2.45, 2.75) is 137 Å². The summed E-state index contributed by atoms with van der Waals surface area (Å²) < 4.78 is 44.1. The van der Waals surface area contributed by atoms with Crippen LogP contribution in [0.15, 0.2) is 64.1 Å². The molecule has 3 fully saturated rings. The second-order valence-electron chi connectivity index (χ2n) is 22.0. The van der Waals surface area contributed by atoms with Gasteiger partial charge in [-0.15, -0.1) is 0 Å². The third-order valence-corrected chi connectivity index (χ3v) is 16.4. The number of aliphatic hydroxyl groups is 1. The molecule has 3 aromatic rings. The number of piperazine rings is 1. The van der Waals surface area contributed by atoms with Crippen molar-refractivity contribution in [2.75, 3.05) is 45.3 Å². The number of aromatic carboxylic acids is 1. The van der Waals surface area contributed by atoms with Gasteiger partial charge in [0.05, 0.1) is 36.9 Å². The van der Waals surface area contributed by atoms with Crippen LogP contribution in [0, 0.1) is 29.5 Å². The Kier molecular flexibility index (Phi) is 14.6. The summed E-state index contributed by atoms with van der Waals surface area (Å²) in [5, 5.41) is 23.6. The number of Topliss-reactive ketones (excluding diaryl/α,β-unsaturated/α-hetero) is 2. The van der Waals surface area contributed by atoms with Crippen molar-refractivity contribution in [3.63, 3.8) is 0 Å². The van der Waals surface area contributed by atoms with Crippen molar-refractivity contribution in [3.8, 4) is 17.2 Å². The molecule has 2 aliphatic carbocycles. The fourth-order valence-electron chi connectivity index (χ4n) is 12.0. The van der Waals surface area contributed by atoms with Crippen LogP contribution in [0.3, 0.4) is 0 Å². The van der Waals surface area contributed by atoms with Crippen molar-refractivity contribution in [1.82, 2.24) is 9.47 Å². The molecule has 392 valence electrons. The minimum atomic E-state index is -2.37. The van der Waals surface area contributed by atoms with Crippen LogP contribution < -0.4 is 24.5 Å². The quantitative estimate of drug-likeness (QED) is 0.0838. The summed E-state index contributed by atoms with van der Waals surface area (Å²) in [6.07, 6.45) is 13.9. The highest BCUT2D eigenvalue weighted by atomic mass is 19.1. The van der Waals surface area contributed by atoms with Gasteiger partial charge in [0.1, 0.15) is 39.8 Å². The first-order valence-corrected chi connectivity index (χ1v) is 25.7. The standard InChI is InChI=1S/C58H72FN3O11/c1-31(2)14-13-21-56(10)22-20-39-50(72-56)38(18-15-32(3)4)52-45(51(39)70-11)49(64)46-47(35(8)53(65)57(69,23-19-34(7)55(68)71-12)58(46,73-52)36(9)33(5)6)61-26-24-60(25-27-61)44-29-43-40(28-42(44)59)48(63)41(54(66)67)30-62(43)37-16-17-37/h14-15,19-20,22,28-30,33,35-37,46-47,69H,13,16-18,21,23-27H2,1-12H3,(H,66,67)/b34-19-. The number of carbonyl (C=O) groups is 4. The van der Waals surface area contributed by atoms with Crippen LogP contribution in [-0.4, -0.2) is 106 Å². The molecule has 1 saturated heterocycles. The van der Waals surface area contributed by atoms with Crippen molar-refractivity contribution >= 4 is 46.2 Å². The number of aromatic nitrogens is 1. The minimum Gasteiger partial charge on any atom is -0.495 e. The zero-order valence-corrected chi connectivity index (χ0v) is 44.4. The summed E-state index contributed by atoms with van der Waals surface area (Å²) in [4.78, 5) is 74.4. The number of nitrogens with zero attached hydrogens (tertiary/aromatic N) is 3. The van der Waals surface area contributed by atoms with E-state index in [0.717, 1.165) is 30.9 Å². The Balaban J connectivity index is 1.30. The van der Waals surface area contributed by atoms with E-state index in [0.29, 0.717) is 28.8 Å². The number of hydrogen-bond donors (Lipinski definition) is 2. The fourth-order valence-corrected chi connectivity index (χ4v) is 12.0. The first kappa shape index (κ1) is 53.2. The SMILES string of the molecule is COC(=O)/C(C)=C\CC1(O)C(=O)C(C)C(N2CCN(c3cc4c(cc3F)c(=O)c(C(=O)O)cn4C3CC3)CC2)C2C(=O)c3c(OC)c4c(c(CC=C(C)C)c3OC21C(C)C(C)C)OC(C)(CCC=C(C)C)C=C4. The largest absolute Gasteiger partial charge is 0.495 e. The van der Waals surface area contributed by atoms with Gasteiger partial charge in [-0.1, -0.05) is 57.1 Å². The number of ether oxygens (including phenoxy) is 4. The molecule has 0 spiro atoms. The molecule has 2 aromatic carbocycles. The molecular formula is C58H72FN3O11. The van der Waals surface area contributed by atoms with Gasteiger partial charge in [-0.3, -0.25) is 19.3 Å². The van der Waals surface area contributed by atoms with Gasteiger partial charge in [0.15, 0.2) is 22.8 Å². The summed E-state index contributed by atoms with van der Waals surface area (Å²) in [5.41, 5.74) is -1.81. The van der Waals surface area contributed by atoms with Crippen LogP contribution in [-0.2, 0) is 20.7 Å². The number of carboxylic acids is 1. The van der Waals surface area contributed by atoms with Crippen molar-refractivity contribution in [1.29, 1.82) is 0 Å². The molecule has 7 unspecified atom stereocenters. The van der Waals surface area contributed by atoms with Gasteiger partial charge >= 0.3 is 11.9 Å². The highest BCUT2D eigenvalue weighted by Gasteiger charge is 2.74. The Hall–Kier alpha value is -6.06. The molecule has 2 saturated carbocycles. The number of carboxylic acid groups (broad SMARTS) is 1. The smallest absolute Gasteiger partial charge is 0.341 e. The summed E-state index contributed by atoms with van der Waals surface area (Å²) in [7, 11) is 2.77. The molecule has 0 amide bonds. The van der Waals surface area contributed by atoms with Gasteiger partial charge in [0.25, 0.3) is 0 Å². The zero-order valence-electron chi connectivity index (χ0n) is 44.4. The predicted octanol–water partition coefficient (Wildman–Crippen LogP) is 9.47. The lowest BCUT2D eigenvalue weighted by molar-refractivity contribution is -0.225. The van der Waals surface area contributed by atoms with E-state index >= 15 is 14.0 Å². The lowest BCUT2D eigenvalue weighted by Crippen LogP contribution is -2.81. The second kappa shape index (κ2) is 20.0. The number of hydrogen-bond acceptors (Lipinski definition) is 12. The molecule has 14 nitrogen and oxygen atoms in total. The number of halogens is 1. The average Bonchev–Trinajstić information content (AvgIpc) is 4.20. The van der Waals surface area contributed by atoms with E-state index < -0.39 is 75.1 Å². The molecule has 3 aliphatic heterocycles. The lowest BCUT2D eigenvalue weighted by atomic mass is 9.50. The molecule has 0 radical (unpaired) electrons. The molecule has 0 bridgehead atoms. The molecular weight excluding hydrogens is 934 g/mol. The summed E-state index contributed by atoms with van der Waals surface area (Å²) in [6.45, 7) is 20.3. The summed E-state index contributed by atoms with van der Waals surface area (Å²) in [5.74, 6) is -5.75. The molecule has 2 N–H and O–H groups in total. The van der Waals surface area contributed by atoms with E-state index in [4.69, 9.17) is 18.9 Å². The highest BCUT2D eigenvalue weighted by Crippen LogP contribution is 2.61. The number of rotatable bonds is 15. The number of fused-ring (bicyclic) bond motifs is 4. The second-order valence-corrected chi connectivity index (χ2v) is 22.0. The maximum absolute atomic E-state index is 16.5. The van der Waals surface area contributed by atoms with Gasteiger partial charge in [-0.25, -0.2) is 14.0 Å². The number of esters is 1. The van der Waals surface area contributed by atoms with Crippen LogP contribution >= 0.6 is 0 Å². The third-order valence-electron chi connectivity index (χ3n) is 16.4. The minimum absolute atomic E-state index is 0.00621. The molecule has 1 aromatic heterocycles. The summed E-state index contributed by atoms with van der Waals surface area (Å²) in [6, 6.07) is 1.90. The van der Waals surface area contributed by atoms with E-state index in [-0.39, 0.29) is 90.5 Å². The van der Waals surface area contributed by atoms with E-state index in [1.54, 1.807) is 24.5 Å². The topological polar surface area (TPSA) is 174 Å². The number of ketones is 2. The molecule has 8 rings (SSSR count). The predicted molar refractivity (Wildman–Crippen MR) is 279 cm³/mol. The summed E-state index contributed by atoms with van der Waals surface area (Å²) >= 11 is 0. The monoisotopic (exact) mass is 1010 g/mol. The number of methoxy groups -OCH3 is 2. The fraction of sp³-hybridized carbons (Fsp3) is 0.534. The Morgan fingerprint density at radius 1 is 0.945 bits per heavy atom. The first-order valence-electron chi connectivity index (χ1n) is 25.7. The Bertz CT molecular complexity index is 2950. The van der Waals surface area contributed by atoms with Crippen LogP contribution in [0.4, 0.5) is 10.1 Å². The molecule has 73 heavy (non-hydrogen) atoms. The van der Waals surface area contributed by atoms with Gasteiger partial charge in [0, 0.05) is 79.2 Å². The lowest BCUT2D eigenvalue weighted by Gasteiger charge is -2.63. The molecule has 15 heteroatoms. The Morgan fingerprint density at radius 2 is 1.62 bits per heavy atom. The van der Waals surface area contributed by atoms with E-state index in [1.165, 1.54) is 32.1 Å². The average molecular weight is 1010 g/mol. The van der Waals surface area contributed by atoms with Gasteiger partial charge in [-0.05, 0) is 104 Å². The van der Waals surface area contributed by atoms with Gasteiger partial charge in [0.2, 0.25) is 5.43 Å².